The number of allylic oxidation sites excluding steroid dienone is 2. The van der Waals surface area contributed by atoms with E-state index in [4.69, 9.17) is 22.8 Å². The molecule has 0 saturated heterocycles. The summed E-state index contributed by atoms with van der Waals surface area (Å²) < 4.78 is 0. The van der Waals surface area contributed by atoms with Crippen LogP contribution in [-0.2, 0) is 19.5 Å². The Morgan fingerprint density at radius 2 is 0.848 bits per heavy atom. The van der Waals surface area contributed by atoms with E-state index in [1.807, 2.05) is 12.1 Å². The van der Waals surface area contributed by atoms with Crippen molar-refractivity contribution in [2.75, 3.05) is 0 Å². The molecule has 5 heteroatoms. The van der Waals surface area contributed by atoms with Crippen molar-refractivity contribution in [1.82, 2.24) is 0 Å². The van der Waals surface area contributed by atoms with E-state index < -0.39 is 13.2 Å². The third-order valence-corrected chi connectivity index (χ3v) is 23.7. The van der Waals surface area contributed by atoms with E-state index in [0.717, 1.165) is 15.9 Å². The fourth-order valence-corrected chi connectivity index (χ4v) is 24.1. The number of hydrogen-bond acceptors (Lipinski definition) is 0. The summed E-state index contributed by atoms with van der Waals surface area (Å²) in [6.45, 7) is 4.40. The van der Waals surface area contributed by atoms with Crippen LogP contribution in [0.4, 0.5) is 0 Å². The molecule has 0 saturated carbocycles. The van der Waals surface area contributed by atoms with Gasteiger partial charge in [0, 0.05) is 19.5 Å². The Morgan fingerprint density at radius 1 is 0.522 bits per heavy atom. The fraction of sp³-hybridized carbons (Fsp3) is 0.0732. The predicted molar refractivity (Wildman–Crippen MR) is 204 cm³/mol. The van der Waals surface area contributed by atoms with Crippen molar-refractivity contribution in [2.24, 2.45) is 0 Å². The second kappa shape index (κ2) is 14.5. The summed E-state index contributed by atoms with van der Waals surface area (Å²) in [5.74, 6) is -4.08. The minimum Gasteiger partial charge on any atom is 0 e. The molecule has 6 rings (SSSR count). The zero-order valence-corrected chi connectivity index (χ0v) is 30.9. The van der Waals surface area contributed by atoms with Crippen LogP contribution < -0.4 is 31.8 Å². The van der Waals surface area contributed by atoms with Crippen molar-refractivity contribution in [1.29, 1.82) is 0 Å². The Labute approximate surface area is 297 Å². The largest absolute Gasteiger partial charge is 0 e. The molecule has 0 radical (unpaired) electrons. The van der Waals surface area contributed by atoms with Gasteiger partial charge in [-0.15, -0.1) is 0 Å². The minimum absolute atomic E-state index is 0. The molecule has 0 fully saturated rings. The molecule has 0 aliphatic heterocycles. The van der Waals surface area contributed by atoms with Crippen LogP contribution in [0.25, 0.3) is 0 Å². The first kappa shape index (κ1) is 34.5. The second-order valence-corrected chi connectivity index (χ2v) is 22.3. The monoisotopic (exact) mass is 763 g/mol. The van der Waals surface area contributed by atoms with Crippen LogP contribution >= 0.6 is 36.1 Å². The van der Waals surface area contributed by atoms with Gasteiger partial charge >= 0.3 is 280 Å². The van der Waals surface area contributed by atoms with Gasteiger partial charge in [-0.3, -0.25) is 0 Å². The number of rotatable bonds is 9. The Hall–Kier alpha value is -2.88. The molecule has 0 heterocycles. The van der Waals surface area contributed by atoms with Crippen molar-refractivity contribution in [3.05, 3.63) is 193 Å². The summed E-state index contributed by atoms with van der Waals surface area (Å²) in [5.41, 5.74) is 1.21. The van der Waals surface area contributed by atoms with E-state index in [0.29, 0.717) is 5.02 Å². The van der Waals surface area contributed by atoms with Gasteiger partial charge < -0.3 is 0 Å². The van der Waals surface area contributed by atoms with Gasteiger partial charge in [-0.05, 0) is 0 Å². The quantitative estimate of drug-likeness (QED) is 0.0783. The molecular weight excluding hydrogens is 726 g/mol. The summed E-state index contributed by atoms with van der Waals surface area (Å²) in [7, 11) is -2.63. The molecule has 0 N–H and O–H groups in total. The first-order chi connectivity index (χ1) is 21.9. The molecule has 1 atom stereocenters. The third-order valence-electron chi connectivity index (χ3n) is 8.71. The topological polar surface area (TPSA) is 0 Å². The van der Waals surface area contributed by atoms with Crippen LogP contribution in [0.1, 0.15) is 13.8 Å². The molecule has 46 heavy (non-hydrogen) atoms. The van der Waals surface area contributed by atoms with Gasteiger partial charge in [0.05, 0.1) is 0 Å². The first-order valence-electron chi connectivity index (χ1n) is 15.2. The fourth-order valence-electron chi connectivity index (χ4n) is 6.89. The van der Waals surface area contributed by atoms with Gasteiger partial charge in [-0.2, -0.15) is 0 Å². The molecule has 0 aliphatic carbocycles. The summed E-state index contributed by atoms with van der Waals surface area (Å²) in [6, 6.07) is 62.9. The van der Waals surface area contributed by atoms with Crippen molar-refractivity contribution in [2.45, 2.75) is 19.2 Å². The van der Waals surface area contributed by atoms with Gasteiger partial charge in [0.1, 0.15) is 0 Å². The molecule has 232 valence electrons. The average Bonchev–Trinajstić information content (AvgIpc) is 3.10. The molecule has 1 unspecified atom stereocenters. The molecule has 0 nitrogen and oxygen atoms in total. The maximum Gasteiger partial charge on any atom is 0 e. The standard InChI is InChI=1S/C41H37Cl2P2.Ru/c1-33(2)32-41(44(34-20-8-3-9-21-34,35-22-10-4-11-23-35)36-24-12-5-13-25-36)45(43,37-26-14-6-15-27-37,38-28-16-7-17-29-38)40-31-19-18-30-39(40)42;/h3-32,41H,1-2H3;/q+1;. The van der Waals surface area contributed by atoms with Crippen LogP contribution in [0.5, 0.6) is 0 Å². The van der Waals surface area contributed by atoms with E-state index in [-0.39, 0.29) is 24.9 Å². The maximum absolute atomic E-state index is 9.15. The molecule has 0 amide bonds. The number of halogens is 2. The second-order valence-electron chi connectivity index (χ2n) is 11.6. The number of hydrogen-bond donors (Lipinski definition) is 0. The Morgan fingerprint density at radius 3 is 1.20 bits per heavy atom. The van der Waals surface area contributed by atoms with Crippen molar-refractivity contribution >= 4 is 67.9 Å². The molecule has 6 aromatic rings. The van der Waals surface area contributed by atoms with Crippen molar-refractivity contribution in [3.63, 3.8) is 0 Å². The summed E-state index contributed by atoms with van der Waals surface area (Å²) in [4.78, 5) is 0. The zero-order valence-electron chi connectivity index (χ0n) is 25.9. The Balaban J connectivity index is 0.00000417. The van der Waals surface area contributed by atoms with Gasteiger partial charge in [0.25, 0.3) is 0 Å². The zero-order chi connectivity index (χ0) is 31.4. The van der Waals surface area contributed by atoms with Gasteiger partial charge in [-0.1, -0.05) is 0 Å². The summed E-state index contributed by atoms with van der Waals surface area (Å²) >= 11 is 16.6. The van der Waals surface area contributed by atoms with Gasteiger partial charge in [0.15, 0.2) is 0 Å². The molecule has 0 aromatic heterocycles. The van der Waals surface area contributed by atoms with Crippen LogP contribution in [0.2, 0.25) is 5.02 Å². The summed E-state index contributed by atoms with van der Waals surface area (Å²) in [6.07, 6.45) is 2.48. The van der Waals surface area contributed by atoms with Crippen molar-refractivity contribution in [3.8, 4) is 0 Å². The van der Waals surface area contributed by atoms with E-state index in [2.05, 4.69) is 184 Å². The molecule has 6 aromatic carbocycles. The smallest absolute Gasteiger partial charge is 0 e. The van der Waals surface area contributed by atoms with Crippen molar-refractivity contribution < 1.29 is 19.5 Å². The van der Waals surface area contributed by atoms with E-state index in [1.165, 1.54) is 21.5 Å². The third kappa shape index (κ3) is 5.66. The number of benzene rings is 6. The van der Waals surface area contributed by atoms with Crippen LogP contribution in [0.15, 0.2) is 188 Å². The molecule has 0 bridgehead atoms. The predicted octanol–water partition coefficient (Wildman–Crippen LogP) is 9.61. The maximum atomic E-state index is 9.15. The summed E-state index contributed by atoms with van der Waals surface area (Å²) in [5, 5.41) is 7.48. The van der Waals surface area contributed by atoms with E-state index in [1.54, 1.807) is 0 Å². The SMILES string of the molecule is CC(C)=CC([P+](c1ccccc1)(c1ccccc1)c1ccccc1)P(Cl)(c1ccccc1)(c1ccccc1)c1ccccc1Cl.[Ru]. The minimum atomic E-state index is -4.08. The molecule has 0 aliphatic rings. The van der Waals surface area contributed by atoms with Gasteiger partial charge in [0.2, 0.25) is 0 Å². The van der Waals surface area contributed by atoms with Crippen LogP contribution in [0, 0.1) is 0 Å². The first-order valence-corrected chi connectivity index (χ1v) is 20.7. The average molecular weight is 764 g/mol. The van der Waals surface area contributed by atoms with Crippen LogP contribution in [-0.4, -0.2) is 5.40 Å². The Kier molecular flexibility index (Phi) is 10.9. The van der Waals surface area contributed by atoms with E-state index >= 15 is 0 Å². The normalized spacial score (nSPS) is 13.0. The Bertz CT molecular complexity index is 1760. The molecule has 0 spiro atoms. The van der Waals surface area contributed by atoms with Crippen LogP contribution in [0.3, 0.4) is 0 Å². The van der Waals surface area contributed by atoms with Gasteiger partial charge in [-0.25, -0.2) is 0 Å². The van der Waals surface area contributed by atoms with E-state index in [9.17, 15) is 0 Å². The molecular formula is C41H37Cl2P2Ru+.